The molecular weight excluding hydrogens is 404 g/mol. The smallest absolute Gasteiger partial charge is 0.115 e. The van der Waals surface area contributed by atoms with Crippen LogP contribution in [0.25, 0.3) is 0 Å². The van der Waals surface area contributed by atoms with E-state index in [-0.39, 0.29) is 0 Å². The van der Waals surface area contributed by atoms with Crippen LogP contribution < -0.4 is 0 Å². The van der Waals surface area contributed by atoms with Gasteiger partial charge in [-0.2, -0.15) is 0 Å². The van der Waals surface area contributed by atoms with Gasteiger partial charge < -0.3 is 10.0 Å². The van der Waals surface area contributed by atoms with Gasteiger partial charge in [-0.3, -0.25) is 4.98 Å². The van der Waals surface area contributed by atoms with Crippen LogP contribution in [-0.2, 0) is 13.0 Å². The number of unbranched alkanes of at least 4 members (excludes halogenated alkanes) is 1. The average molecular weight is 447 g/mol. The van der Waals surface area contributed by atoms with Crippen molar-refractivity contribution in [3.05, 3.63) is 59.4 Å². The molecule has 0 amide bonds. The summed E-state index contributed by atoms with van der Waals surface area (Å²) in [5.74, 6) is 5.78. The fourth-order valence-corrected chi connectivity index (χ4v) is 7.70. The molecule has 3 nitrogen and oxygen atoms in total. The van der Waals surface area contributed by atoms with Gasteiger partial charge in [0, 0.05) is 12.7 Å². The first kappa shape index (κ1) is 22.9. The van der Waals surface area contributed by atoms with Crippen molar-refractivity contribution in [1.82, 2.24) is 9.88 Å². The second-order valence-corrected chi connectivity index (χ2v) is 11.5. The van der Waals surface area contributed by atoms with Crippen LogP contribution in [0.4, 0.5) is 0 Å². The average Bonchev–Trinajstić information content (AvgIpc) is 3.23. The largest absolute Gasteiger partial charge is 0.508 e. The van der Waals surface area contributed by atoms with Crippen LogP contribution in [0.2, 0.25) is 0 Å². The molecule has 2 saturated carbocycles. The van der Waals surface area contributed by atoms with Crippen LogP contribution in [0.3, 0.4) is 0 Å². The highest BCUT2D eigenvalue weighted by atomic mass is 16.3. The molecule has 2 aromatic rings. The summed E-state index contributed by atoms with van der Waals surface area (Å²) < 4.78 is 0. The van der Waals surface area contributed by atoms with Crippen LogP contribution in [0, 0.1) is 29.6 Å². The number of fused-ring (bicyclic) bond motifs is 4. The third-order valence-corrected chi connectivity index (χ3v) is 9.38. The van der Waals surface area contributed by atoms with Crippen molar-refractivity contribution in [2.75, 3.05) is 13.6 Å². The molecule has 5 rings (SSSR count). The van der Waals surface area contributed by atoms with E-state index >= 15 is 0 Å². The number of hydrogen-bond acceptors (Lipinski definition) is 3. The summed E-state index contributed by atoms with van der Waals surface area (Å²) in [6.45, 7) is 4.67. The van der Waals surface area contributed by atoms with Crippen LogP contribution in [0.15, 0.2) is 42.6 Å². The van der Waals surface area contributed by atoms with Crippen molar-refractivity contribution in [1.29, 1.82) is 0 Å². The second kappa shape index (κ2) is 10.2. The maximum absolute atomic E-state index is 9.91. The van der Waals surface area contributed by atoms with E-state index in [2.05, 4.69) is 42.1 Å². The molecule has 1 N–H and O–H groups in total. The Hall–Kier alpha value is -1.87. The number of hydrogen-bond donors (Lipinski definition) is 1. The van der Waals surface area contributed by atoms with E-state index in [1.54, 1.807) is 5.56 Å². The van der Waals surface area contributed by atoms with Crippen molar-refractivity contribution in [2.24, 2.45) is 29.6 Å². The molecule has 1 aromatic heterocycles. The summed E-state index contributed by atoms with van der Waals surface area (Å²) in [7, 11) is 2.22. The second-order valence-electron chi connectivity index (χ2n) is 11.5. The topological polar surface area (TPSA) is 36.4 Å². The van der Waals surface area contributed by atoms with Gasteiger partial charge in [0.2, 0.25) is 0 Å². The van der Waals surface area contributed by atoms with E-state index in [9.17, 15) is 5.11 Å². The minimum Gasteiger partial charge on any atom is -0.508 e. The fourth-order valence-electron chi connectivity index (χ4n) is 7.70. The molecule has 2 fully saturated rings. The predicted molar refractivity (Wildman–Crippen MR) is 135 cm³/mol. The molecule has 178 valence electrons. The molecule has 0 saturated heterocycles. The van der Waals surface area contributed by atoms with E-state index in [0.717, 1.165) is 48.5 Å². The van der Waals surface area contributed by atoms with Gasteiger partial charge in [0.05, 0.1) is 5.69 Å². The van der Waals surface area contributed by atoms with Gasteiger partial charge >= 0.3 is 0 Å². The van der Waals surface area contributed by atoms with Gasteiger partial charge in [-0.15, -0.1) is 0 Å². The van der Waals surface area contributed by atoms with E-state index < -0.39 is 0 Å². The number of phenols is 1. The molecule has 3 aliphatic carbocycles. The number of rotatable bonds is 8. The van der Waals surface area contributed by atoms with Gasteiger partial charge in [-0.05, 0) is 129 Å². The Balaban J connectivity index is 1.10. The maximum atomic E-state index is 9.91. The van der Waals surface area contributed by atoms with Crippen LogP contribution in [0.1, 0.15) is 81.0 Å². The number of aromatic nitrogens is 1. The van der Waals surface area contributed by atoms with Crippen molar-refractivity contribution in [3.8, 4) is 5.75 Å². The molecule has 3 heteroatoms. The van der Waals surface area contributed by atoms with Crippen molar-refractivity contribution >= 4 is 0 Å². The summed E-state index contributed by atoms with van der Waals surface area (Å²) in [4.78, 5) is 6.88. The SMILES string of the molecule is CC(CCCCN(C)Cc1ccccn1)C1CCC2CC3c4ccc(O)cc4CCC3CC21. The Bertz CT molecular complexity index is 913. The Morgan fingerprint density at radius 2 is 1.97 bits per heavy atom. The van der Waals surface area contributed by atoms with Gasteiger partial charge in [-0.25, -0.2) is 0 Å². The Labute approximate surface area is 200 Å². The van der Waals surface area contributed by atoms with Crippen molar-refractivity contribution in [2.45, 2.75) is 77.2 Å². The number of aryl methyl sites for hydroxylation is 1. The van der Waals surface area contributed by atoms with E-state index in [0.29, 0.717) is 5.75 Å². The lowest BCUT2D eigenvalue weighted by Gasteiger charge is -2.44. The molecular formula is C30H42N2O. The van der Waals surface area contributed by atoms with Gasteiger partial charge in [-0.1, -0.05) is 31.9 Å². The molecule has 0 aliphatic heterocycles. The lowest BCUT2D eigenvalue weighted by molar-refractivity contribution is 0.112. The zero-order valence-electron chi connectivity index (χ0n) is 20.6. The fraction of sp³-hybridized carbons (Fsp3) is 0.633. The number of nitrogens with zero attached hydrogens (tertiary/aromatic N) is 2. The molecule has 33 heavy (non-hydrogen) atoms. The van der Waals surface area contributed by atoms with E-state index in [1.807, 2.05) is 24.4 Å². The molecule has 3 aliphatic rings. The number of phenolic OH excluding ortho intramolecular Hbond substituents is 1. The Morgan fingerprint density at radius 3 is 2.82 bits per heavy atom. The molecule has 6 unspecified atom stereocenters. The lowest BCUT2D eigenvalue weighted by atomic mass is 9.60. The summed E-state index contributed by atoms with van der Waals surface area (Å²) in [5.41, 5.74) is 4.16. The zero-order chi connectivity index (χ0) is 22.8. The number of benzene rings is 1. The monoisotopic (exact) mass is 446 g/mol. The molecule has 1 aromatic carbocycles. The van der Waals surface area contributed by atoms with E-state index in [4.69, 9.17) is 0 Å². The molecule has 0 spiro atoms. The summed E-state index contributed by atoms with van der Waals surface area (Å²) in [5, 5.41) is 9.91. The van der Waals surface area contributed by atoms with Crippen LogP contribution in [0.5, 0.6) is 5.75 Å². The first-order valence-corrected chi connectivity index (χ1v) is 13.5. The first-order valence-electron chi connectivity index (χ1n) is 13.5. The van der Waals surface area contributed by atoms with Crippen LogP contribution >= 0.6 is 0 Å². The highest BCUT2D eigenvalue weighted by Crippen LogP contribution is 2.57. The quantitative estimate of drug-likeness (QED) is 0.453. The summed E-state index contributed by atoms with van der Waals surface area (Å²) in [6.07, 6.45) is 14.2. The van der Waals surface area contributed by atoms with Gasteiger partial charge in [0.25, 0.3) is 0 Å². The molecule has 6 atom stereocenters. The minimum atomic E-state index is 0.443. The zero-order valence-corrected chi connectivity index (χ0v) is 20.6. The maximum Gasteiger partial charge on any atom is 0.115 e. The lowest BCUT2D eigenvalue weighted by Crippen LogP contribution is -2.34. The first-order chi connectivity index (χ1) is 16.1. The molecule has 0 radical (unpaired) electrons. The van der Waals surface area contributed by atoms with Gasteiger partial charge in [0.15, 0.2) is 0 Å². The van der Waals surface area contributed by atoms with Gasteiger partial charge in [0.1, 0.15) is 5.75 Å². The summed E-state index contributed by atoms with van der Waals surface area (Å²) in [6, 6.07) is 12.4. The number of pyridine rings is 1. The van der Waals surface area contributed by atoms with Crippen LogP contribution in [-0.4, -0.2) is 28.6 Å². The minimum absolute atomic E-state index is 0.443. The highest BCUT2D eigenvalue weighted by Gasteiger charge is 2.46. The highest BCUT2D eigenvalue weighted by molar-refractivity contribution is 5.39. The normalized spacial score (nSPS) is 29.4. The van der Waals surface area contributed by atoms with E-state index in [1.165, 1.54) is 69.2 Å². The number of aromatic hydroxyl groups is 1. The third-order valence-electron chi connectivity index (χ3n) is 9.38. The molecule has 0 bridgehead atoms. The Kier molecular flexibility index (Phi) is 7.06. The van der Waals surface area contributed by atoms with Crippen molar-refractivity contribution < 1.29 is 5.11 Å². The Morgan fingerprint density at radius 1 is 1.06 bits per heavy atom. The summed E-state index contributed by atoms with van der Waals surface area (Å²) >= 11 is 0. The third kappa shape index (κ3) is 5.14. The standard InChI is InChI=1S/C30H42N2O/c1-21(7-4-6-16-32(2)20-25-8-3-5-15-31-25)27-13-11-24-19-30-23(18-29(24)27)10-9-22-17-26(33)12-14-28(22)30/h3,5,8,12,14-15,17,21,23-24,27,29-30,33H,4,6-7,9-11,13,16,18-20H2,1-2H3. The van der Waals surface area contributed by atoms with Crippen molar-refractivity contribution in [3.63, 3.8) is 0 Å². The predicted octanol–water partition coefficient (Wildman–Crippen LogP) is 6.81. The molecule has 1 heterocycles.